The lowest BCUT2D eigenvalue weighted by atomic mass is 10.2. The fraction of sp³-hybridized carbons (Fsp3) is 0.417. The van der Waals surface area contributed by atoms with Gasteiger partial charge in [0.1, 0.15) is 5.82 Å². The van der Waals surface area contributed by atoms with Crippen LogP contribution in [0.25, 0.3) is 0 Å². The van der Waals surface area contributed by atoms with Gasteiger partial charge in [-0.1, -0.05) is 0 Å². The molecule has 9 nitrogen and oxygen atoms in total. The number of hydrogen-bond acceptors (Lipinski definition) is 8. The Morgan fingerprint density at radius 3 is 2.86 bits per heavy atom. The highest BCUT2D eigenvalue weighted by Gasteiger charge is 2.25. The van der Waals surface area contributed by atoms with Crippen LogP contribution in [-0.2, 0) is 12.8 Å². The van der Waals surface area contributed by atoms with Crippen LogP contribution in [0.3, 0.4) is 0 Å². The summed E-state index contributed by atoms with van der Waals surface area (Å²) in [5.74, 6) is 0.614. The maximum atomic E-state index is 11.9. The number of thiazole rings is 1. The Bertz CT molecular complexity index is 730. The maximum Gasteiger partial charge on any atom is 0.318 e. The minimum atomic E-state index is -1.27. The fourth-order valence-electron chi connectivity index (χ4n) is 2.59. The summed E-state index contributed by atoms with van der Waals surface area (Å²) in [5, 5.41) is 20.0. The van der Waals surface area contributed by atoms with Gasteiger partial charge in [-0.3, -0.25) is 4.79 Å². The average molecular weight is 324 g/mol. The molecule has 0 radical (unpaired) electrons. The average Bonchev–Trinajstić information content (AvgIpc) is 2.66. The van der Waals surface area contributed by atoms with Gasteiger partial charge in [0.05, 0.1) is 5.69 Å². The van der Waals surface area contributed by atoms with E-state index < -0.39 is 10.8 Å². The summed E-state index contributed by atoms with van der Waals surface area (Å²) in [6.07, 6.45) is 1.35. The van der Waals surface area contributed by atoms with Gasteiger partial charge < -0.3 is 20.8 Å². The molecule has 2 aromatic rings. The van der Waals surface area contributed by atoms with Gasteiger partial charge in [0, 0.05) is 30.8 Å². The van der Waals surface area contributed by atoms with Crippen LogP contribution < -0.4 is 21.4 Å². The Balaban J connectivity index is 1.95. The number of anilines is 2. The van der Waals surface area contributed by atoms with Crippen molar-refractivity contribution in [2.24, 2.45) is 0 Å². The van der Waals surface area contributed by atoms with Crippen molar-refractivity contribution in [1.82, 2.24) is 15.0 Å². The highest BCUT2D eigenvalue weighted by molar-refractivity contribution is 7.15. The van der Waals surface area contributed by atoms with Gasteiger partial charge in [-0.25, -0.2) is 15.2 Å². The van der Waals surface area contributed by atoms with Gasteiger partial charge in [0.25, 0.3) is 5.69 Å². The van der Waals surface area contributed by atoms with Crippen molar-refractivity contribution in [2.75, 3.05) is 23.7 Å². The Kier molecular flexibility index (Phi) is 3.83. The largest absolute Gasteiger partial charge is 0.595 e. The van der Waals surface area contributed by atoms with E-state index in [4.69, 9.17) is 5.73 Å². The van der Waals surface area contributed by atoms with E-state index in [9.17, 15) is 15.2 Å². The third-order valence-electron chi connectivity index (χ3n) is 3.55. The topological polar surface area (TPSA) is 136 Å². The Labute approximate surface area is 129 Å². The first-order valence-electron chi connectivity index (χ1n) is 6.79. The molecule has 1 aliphatic heterocycles. The lowest BCUT2D eigenvalue weighted by molar-refractivity contribution is -0.991. The van der Waals surface area contributed by atoms with Gasteiger partial charge in [-0.15, -0.1) is 11.3 Å². The first-order chi connectivity index (χ1) is 10.5. The quantitative estimate of drug-likeness (QED) is 0.527. The fourth-order valence-corrected chi connectivity index (χ4v) is 3.45. The van der Waals surface area contributed by atoms with Crippen molar-refractivity contribution in [1.29, 1.82) is 0 Å². The van der Waals surface area contributed by atoms with Crippen LogP contribution in [0, 0.1) is 12.1 Å². The molecule has 3 rings (SSSR count). The van der Waals surface area contributed by atoms with Gasteiger partial charge in [-0.05, 0) is 6.92 Å². The molecule has 0 aromatic carbocycles. The highest BCUT2D eigenvalue weighted by atomic mass is 32.1. The summed E-state index contributed by atoms with van der Waals surface area (Å²) >= 11 is 1.45. The van der Waals surface area contributed by atoms with E-state index >= 15 is 0 Å². The van der Waals surface area contributed by atoms with Crippen molar-refractivity contribution in [3.05, 3.63) is 32.0 Å². The minimum Gasteiger partial charge on any atom is -0.595 e. The zero-order chi connectivity index (χ0) is 15.9. The van der Waals surface area contributed by atoms with E-state index in [0.717, 1.165) is 10.6 Å². The number of rotatable bonds is 2. The molecule has 0 bridgehead atoms. The molecule has 0 amide bonds. The predicted octanol–water partition coefficient (Wildman–Crippen LogP) is -0.874. The number of aryl methyl sites for hydroxylation is 1. The molecule has 0 spiro atoms. The van der Waals surface area contributed by atoms with Crippen LogP contribution in [0.5, 0.6) is 0 Å². The number of nitrogen functional groups attached to an aromatic ring is 1. The van der Waals surface area contributed by atoms with Crippen molar-refractivity contribution in [3.63, 3.8) is 0 Å². The normalized spacial score (nSPS) is 16.2. The first kappa shape index (κ1) is 14.9. The molecule has 0 saturated carbocycles. The van der Waals surface area contributed by atoms with Crippen LogP contribution in [0.1, 0.15) is 16.4 Å². The molecular weight excluding hydrogens is 308 g/mol. The van der Waals surface area contributed by atoms with Crippen LogP contribution in [0.4, 0.5) is 16.6 Å². The number of quaternary nitrogens is 1. The standard InChI is InChI=1S/C12H16N6O3S/c1-6-14-10(9(18(20)21)11(19)15-6)17-4-2-7-8(3-5-17)22-12(13)16-7/h18,20H,2-5H2,1H3,(H2,13,16)(H,14,15,19). The smallest absolute Gasteiger partial charge is 0.318 e. The van der Waals surface area contributed by atoms with Gasteiger partial charge >= 0.3 is 5.56 Å². The molecule has 0 saturated heterocycles. The molecule has 10 heteroatoms. The number of aromatic nitrogens is 3. The molecule has 1 aliphatic rings. The van der Waals surface area contributed by atoms with Crippen molar-refractivity contribution < 1.29 is 10.4 Å². The number of fused-ring (bicyclic) bond motifs is 1. The van der Waals surface area contributed by atoms with Crippen molar-refractivity contribution in [3.8, 4) is 0 Å². The van der Waals surface area contributed by atoms with Gasteiger partial charge in [-0.2, -0.15) is 5.23 Å². The predicted molar refractivity (Wildman–Crippen MR) is 81.5 cm³/mol. The molecule has 118 valence electrons. The minimum absolute atomic E-state index is 0.219. The molecule has 1 unspecified atom stereocenters. The number of nitrogens with two attached hydrogens (primary N) is 1. The molecule has 22 heavy (non-hydrogen) atoms. The number of nitrogens with one attached hydrogen (secondary N) is 2. The number of H-pyrrole nitrogens is 1. The number of aromatic amines is 1. The van der Waals surface area contributed by atoms with E-state index in [1.54, 1.807) is 6.92 Å². The summed E-state index contributed by atoms with van der Waals surface area (Å²) in [7, 11) is 0. The number of nitrogens with zero attached hydrogens (tertiary/aromatic N) is 3. The molecule has 1 atom stereocenters. The highest BCUT2D eigenvalue weighted by Crippen LogP contribution is 2.26. The summed E-state index contributed by atoms with van der Waals surface area (Å²) in [5.41, 5.74) is 5.72. The van der Waals surface area contributed by atoms with E-state index in [2.05, 4.69) is 15.0 Å². The zero-order valence-electron chi connectivity index (χ0n) is 11.9. The SMILES string of the molecule is Cc1nc(N2CCc3nc(N)sc3CC2)c([NH+]([O-])O)c(=O)[nH]1. The molecule has 3 heterocycles. The lowest BCUT2D eigenvalue weighted by Crippen LogP contribution is -3.00. The van der Waals surface area contributed by atoms with Gasteiger partial charge in [0.2, 0.25) is 5.82 Å². The van der Waals surface area contributed by atoms with Crippen LogP contribution >= 0.6 is 11.3 Å². The Morgan fingerprint density at radius 2 is 2.14 bits per heavy atom. The van der Waals surface area contributed by atoms with E-state index in [-0.39, 0.29) is 11.5 Å². The lowest BCUT2D eigenvalue weighted by Gasteiger charge is -2.24. The summed E-state index contributed by atoms with van der Waals surface area (Å²) in [6, 6.07) is 0. The zero-order valence-corrected chi connectivity index (χ0v) is 12.7. The monoisotopic (exact) mass is 324 g/mol. The second kappa shape index (κ2) is 5.65. The summed E-state index contributed by atoms with van der Waals surface area (Å²) < 4.78 is 0. The Hall–Kier alpha value is -2.01. The van der Waals surface area contributed by atoms with E-state index in [1.165, 1.54) is 11.3 Å². The summed E-state index contributed by atoms with van der Waals surface area (Å²) in [4.78, 5) is 25.8. The van der Waals surface area contributed by atoms with Crippen molar-refractivity contribution >= 4 is 28.0 Å². The van der Waals surface area contributed by atoms with Crippen LogP contribution in [0.15, 0.2) is 4.79 Å². The van der Waals surface area contributed by atoms with Gasteiger partial charge in [0.15, 0.2) is 5.13 Å². The summed E-state index contributed by atoms with van der Waals surface area (Å²) in [6.45, 7) is 2.75. The van der Waals surface area contributed by atoms with Crippen LogP contribution in [-0.4, -0.2) is 33.2 Å². The molecule has 0 fully saturated rings. The maximum absolute atomic E-state index is 11.9. The molecule has 0 aliphatic carbocycles. The Morgan fingerprint density at radius 1 is 1.41 bits per heavy atom. The van der Waals surface area contributed by atoms with E-state index in [1.807, 2.05) is 4.90 Å². The molecule has 2 aromatic heterocycles. The third-order valence-corrected chi connectivity index (χ3v) is 4.54. The number of hydrogen-bond donors (Lipinski definition) is 4. The second-order valence-corrected chi connectivity index (χ2v) is 6.18. The first-order valence-corrected chi connectivity index (χ1v) is 7.60. The molecule has 5 N–H and O–H groups in total. The van der Waals surface area contributed by atoms with Crippen LogP contribution in [0.2, 0.25) is 0 Å². The molecular formula is C12H16N6O3S. The third kappa shape index (κ3) is 2.68. The van der Waals surface area contributed by atoms with E-state index in [0.29, 0.717) is 36.9 Å². The second-order valence-electron chi connectivity index (χ2n) is 5.06. The van der Waals surface area contributed by atoms with Crippen molar-refractivity contribution in [2.45, 2.75) is 19.8 Å².